The van der Waals surface area contributed by atoms with Gasteiger partial charge in [0, 0.05) is 12.8 Å². The summed E-state index contributed by atoms with van der Waals surface area (Å²) in [5.41, 5.74) is 0. The molecule has 1 spiro atoms. The summed E-state index contributed by atoms with van der Waals surface area (Å²) < 4.78 is 11.3. The lowest BCUT2D eigenvalue weighted by atomic mass is 9.94. The highest BCUT2D eigenvalue weighted by molar-refractivity contribution is 4.82. The summed E-state index contributed by atoms with van der Waals surface area (Å²) in [7, 11) is 0. The standard InChI is InChI=1S/C9H15NO3/c11-10-6-8-7-12-9(13-8)4-2-1-3-5-9/h8H,1-7H2/t8-/m0/s1. The van der Waals surface area contributed by atoms with E-state index in [2.05, 4.69) is 5.18 Å². The molecule has 0 amide bonds. The highest BCUT2D eigenvalue weighted by atomic mass is 16.7. The molecule has 1 aliphatic heterocycles. The topological polar surface area (TPSA) is 47.9 Å². The third-order valence-corrected chi connectivity index (χ3v) is 2.81. The van der Waals surface area contributed by atoms with Crippen molar-refractivity contribution in [2.24, 2.45) is 5.18 Å². The van der Waals surface area contributed by atoms with Crippen LogP contribution < -0.4 is 0 Å². The summed E-state index contributed by atoms with van der Waals surface area (Å²) in [5, 5.41) is 2.84. The van der Waals surface area contributed by atoms with Crippen molar-refractivity contribution in [3.8, 4) is 0 Å². The molecular weight excluding hydrogens is 170 g/mol. The molecule has 0 aromatic rings. The molecule has 0 radical (unpaired) electrons. The van der Waals surface area contributed by atoms with Crippen LogP contribution in [0.3, 0.4) is 0 Å². The molecule has 0 aromatic heterocycles. The lowest BCUT2D eigenvalue weighted by Crippen LogP contribution is -2.33. The van der Waals surface area contributed by atoms with Crippen molar-refractivity contribution < 1.29 is 9.47 Å². The average Bonchev–Trinajstić information content (AvgIpc) is 2.51. The molecular formula is C9H15NO3. The van der Waals surface area contributed by atoms with Gasteiger partial charge in [-0.1, -0.05) is 11.6 Å². The van der Waals surface area contributed by atoms with Gasteiger partial charge in [0.15, 0.2) is 5.79 Å². The summed E-state index contributed by atoms with van der Waals surface area (Å²) in [4.78, 5) is 10.0. The van der Waals surface area contributed by atoms with E-state index in [1.165, 1.54) is 19.3 Å². The van der Waals surface area contributed by atoms with Crippen molar-refractivity contribution in [3.63, 3.8) is 0 Å². The molecule has 1 saturated carbocycles. The Hall–Kier alpha value is -0.480. The predicted molar refractivity (Wildman–Crippen MR) is 47.3 cm³/mol. The van der Waals surface area contributed by atoms with E-state index in [9.17, 15) is 4.91 Å². The molecule has 1 heterocycles. The molecule has 13 heavy (non-hydrogen) atoms. The first-order chi connectivity index (χ1) is 6.35. The van der Waals surface area contributed by atoms with Gasteiger partial charge < -0.3 is 9.47 Å². The van der Waals surface area contributed by atoms with Crippen LogP contribution in [-0.2, 0) is 9.47 Å². The first-order valence-electron chi connectivity index (χ1n) is 4.96. The Kier molecular flexibility index (Phi) is 2.60. The van der Waals surface area contributed by atoms with Crippen molar-refractivity contribution in [2.45, 2.75) is 44.0 Å². The Morgan fingerprint density at radius 3 is 2.77 bits per heavy atom. The number of ether oxygens (including phenoxy) is 2. The second kappa shape index (κ2) is 3.72. The fraction of sp³-hybridized carbons (Fsp3) is 1.00. The van der Waals surface area contributed by atoms with Crippen molar-refractivity contribution in [2.75, 3.05) is 13.2 Å². The first kappa shape index (κ1) is 9.09. The van der Waals surface area contributed by atoms with Crippen molar-refractivity contribution in [3.05, 3.63) is 4.91 Å². The normalized spacial score (nSPS) is 32.2. The highest BCUT2D eigenvalue weighted by Crippen LogP contribution is 2.37. The van der Waals surface area contributed by atoms with Crippen LogP contribution in [0.25, 0.3) is 0 Å². The number of nitrogens with zero attached hydrogens (tertiary/aromatic N) is 1. The number of hydrogen-bond donors (Lipinski definition) is 0. The first-order valence-corrected chi connectivity index (χ1v) is 4.96. The van der Waals surface area contributed by atoms with Crippen LogP contribution in [0.1, 0.15) is 32.1 Å². The largest absolute Gasteiger partial charge is 0.347 e. The number of hydrogen-bond acceptors (Lipinski definition) is 4. The van der Waals surface area contributed by atoms with Gasteiger partial charge in [-0.3, -0.25) is 0 Å². The molecule has 2 fully saturated rings. The third kappa shape index (κ3) is 1.89. The number of rotatable bonds is 2. The van der Waals surface area contributed by atoms with Gasteiger partial charge in [0.2, 0.25) is 0 Å². The Morgan fingerprint density at radius 1 is 1.31 bits per heavy atom. The minimum Gasteiger partial charge on any atom is -0.347 e. The van der Waals surface area contributed by atoms with E-state index < -0.39 is 0 Å². The molecule has 0 unspecified atom stereocenters. The molecule has 4 heteroatoms. The SMILES string of the molecule is O=NC[C@H]1COC2(CCCCC2)O1. The third-order valence-electron chi connectivity index (χ3n) is 2.81. The van der Waals surface area contributed by atoms with E-state index in [0.29, 0.717) is 6.61 Å². The quantitative estimate of drug-likeness (QED) is 0.616. The zero-order valence-corrected chi connectivity index (χ0v) is 7.70. The van der Waals surface area contributed by atoms with E-state index >= 15 is 0 Å². The van der Waals surface area contributed by atoms with Crippen LogP contribution >= 0.6 is 0 Å². The smallest absolute Gasteiger partial charge is 0.168 e. The molecule has 4 nitrogen and oxygen atoms in total. The zero-order valence-electron chi connectivity index (χ0n) is 7.70. The fourth-order valence-corrected chi connectivity index (χ4v) is 2.14. The van der Waals surface area contributed by atoms with Crippen LogP contribution in [0.2, 0.25) is 0 Å². The van der Waals surface area contributed by atoms with E-state index in [4.69, 9.17) is 9.47 Å². The van der Waals surface area contributed by atoms with E-state index in [1.807, 2.05) is 0 Å². The minimum absolute atomic E-state index is 0.101. The minimum atomic E-state index is -0.354. The Labute approximate surface area is 77.6 Å². The monoisotopic (exact) mass is 185 g/mol. The molecule has 0 aromatic carbocycles. The van der Waals surface area contributed by atoms with Crippen LogP contribution in [-0.4, -0.2) is 25.0 Å². The fourth-order valence-electron chi connectivity index (χ4n) is 2.14. The lowest BCUT2D eigenvalue weighted by Gasteiger charge is -2.31. The van der Waals surface area contributed by atoms with Crippen molar-refractivity contribution in [1.82, 2.24) is 0 Å². The molecule has 1 atom stereocenters. The number of nitroso groups, excluding NO2 is 1. The van der Waals surface area contributed by atoms with Gasteiger partial charge in [-0.2, -0.15) is 4.91 Å². The summed E-state index contributed by atoms with van der Waals surface area (Å²) >= 11 is 0. The van der Waals surface area contributed by atoms with Gasteiger partial charge in [0.05, 0.1) is 6.61 Å². The summed E-state index contributed by atoms with van der Waals surface area (Å²) in [6.07, 6.45) is 5.45. The molecule has 0 N–H and O–H groups in total. The Morgan fingerprint density at radius 2 is 2.08 bits per heavy atom. The highest BCUT2D eigenvalue weighted by Gasteiger charge is 2.42. The Bertz CT molecular complexity index is 189. The second-order valence-corrected chi connectivity index (χ2v) is 3.83. The van der Waals surface area contributed by atoms with Crippen LogP contribution in [0.4, 0.5) is 0 Å². The van der Waals surface area contributed by atoms with Gasteiger partial charge in [-0.05, 0) is 12.8 Å². The molecule has 1 saturated heterocycles. The van der Waals surface area contributed by atoms with E-state index in [0.717, 1.165) is 12.8 Å². The maximum atomic E-state index is 10.0. The van der Waals surface area contributed by atoms with E-state index in [-0.39, 0.29) is 18.4 Å². The summed E-state index contributed by atoms with van der Waals surface area (Å²) in [6.45, 7) is 0.757. The van der Waals surface area contributed by atoms with Gasteiger partial charge in [0.25, 0.3) is 0 Å². The van der Waals surface area contributed by atoms with E-state index in [1.54, 1.807) is 0 Å². The van der Waals surface area contributed by atoms with Gasteiger partial charge >= 0.3 is 0 Å². The molecule has 2 rings (SSSR count). The molecule has 1 aliphatic carbocycles. The van der Waals surface area contributed by atoms with Crippen LogP contribution in [0.5, 0.6) is 0 Å². The maximum absolute atomic E-state index is 10.0. The molecule has 74 valence electrons. The Balaban J connectivity index is 1.90. The van der Waals surface area contributed by atoms with Crippen molar-refractivity contribution in [1.29, 1.82) is 0 Å². The van der Waals surface area contributed by atoms with Crippen LogP contribution in [0, 0.1) is 4.91 Å². The van der Waals surface area contributed by atoms with Crippen molar-refractivity contribution >= 4 is 0 Å². The van der Waals surface area contributed by atoms with Gasteiger partial charge in [0.1, 0.15) is 12.6 Å². The predicted octanol–water partition coefficient (Wildman–Crippen LogP) is 1.83. The zero-order chi connectivity index (χ0) is 9.15. The second-order valence-electron chi connectivity index (χ2n) is 3.83. The summed E-state index contributed by atoms with van der Waals surface area (Å²) in [6, 6.07) is 0. The molecule has 0 bridgehead atoms. The average molecular weight is 185 g/mol. The lowest BCUT2D eigenvalue weighted by molar-refractivity contribution is -0.186. The van der Waals surface area contributed by atoms with Gasteiger partial charge in [-0.25, -0.2) is 0 Å². The summed E-state index contributed by atoms with van der Waals surface area (Å²) in [5.74, 6) is -0.354. The maximum Gasteiger partial charge on any atom is 0.168 e. The van der Waals surface area contributed by atoms with Crippen LogP contribution in [0.15, 0.2) is 5.18 Å². The van der Waals surface area contributed by atoms with Gasteiger partial charge in [-0.15, -0.1) is 0 Å². The molecule has 2 aliphatic rings.